The van der Waals surface area contributed by atoms with Crippen molar-refractivity contribution in [2.24, 2.45) is 0 Å². The van der Waals surface area contributed by atoms with Gasteiger partial charge in [0.1, 0.15) is 17.0 Å². The first kappa shape index (κ1) is 15.1. The molecule has 5 nitrogen and oxygen atoms in total. The lowest BCUT2D eigenvalue weighted by atomic mass is 10.1. The van der Waals surface area contributed by atoms with E-state index in [9.17, 15) is 4.79 Å². The fraction of sp³-hybridized carbons (Fsp3) is 0.375. The number of carbonyl (C=O) groups is 1. The first-order chi connectivity index (χ1) is 10.2. The molecule has 0 saturated heterocycles. The van der Waals surface area contributed by atoms with Crippen LogP contribution < -0.4 is 9.47 Å². The molecule has 1 aromatic heterocycles. The maximum Gasteiger partial charge on any atom is 0.344 e. The minimum Gasteiger partial charge on any atom is -0.492 e. The van der Waals surface area contributed by atoms with E-state index in [1.807, 2.05) is 32.0 Å². The van der Waals surface area contributed by atoms with Crippen molar-refractivity contribution in [2.75, 3.05) is 19.8 Å². The molecule has 0 aliphatic rings. The summed E-state index contributed by atoms with van der Waals surface area (Å²) in [7, 11) is 0. The summed E-state index contributed by atoms with van der Waals surface area (Å²) in [5.41, 5.74) is 1.53. The fourth-order valence-corrected chi connectivity index (χ4v) is 2.04. The van der Waals surface area contributed by atoms with Crippen LogP contribution in [0.1, 0.15) is 19.5 Å². The maximum atomic E-state index is 11.4. The molecule has 0 N–H and O–H groups in total. The summed E-state index contributed by atoms with van der Waals surface area (Å²) < 4.78 is 16.0. The van der Waals surface area contributed by atoms with Crippen molar-refractivity contribution in [3.63, 3.8) is 0 Å². The highest BCUT2D eigenvalue weighted by molar-refractivity contribution is 5.90. The van der Waals surface area contributed by atoms with Crippen molar-refractivity contribution < 1.29 is 19.0 Å². The van der Waals surface area contributed by atoms with E-state index < -0.39 is 0 Å². The van der Waals surface area contributed by atoms with E-state index in [4.69, 9.17) is 14.2 Å². The molecule has 0 saturated carbocycles. The molecule has 0 bridgehead atoms. The lowest BCUT2D eigenvalue weighted by molar-refractivity contribution is -0.145. The van der Waals surface area contributed by atoms with Gasteiger partial charge in [0.2, 0.25) is 0 Å². The zero-order chi connectivity index (χ0) is 15.2. The van der Waals surface area contributed by atoms with Crippen LogP contribution in [0.4, 0.5) is 0 Å². The molecular weight excluding hydrogens is 270 g/mol. The quantitative estimate of drug-likeness (QED) is 0.765. The number of hydrogen-bond donors (Lipinski definition) is 0. The predicted molar refractivity (Wildman–Crippen MR) is 79.8 cm³/mol. The van der Waals surface area contributed by atoms with Crippen molar-refractivity contribution in [3.05, 3.63) is 30.0 Å². The summed E-state index contributed by atoms with van der Waals surface area (Å²) in [6.07, 6.45) is 0. The molecule has 2 rings (SSSR count). The van der Waals surface area contributed by atoms with Crippen LogP contribution in [0.5, 0.6) is 11.5 Å². The fourth-order valence-electron chi connectivity index (χ4n) is 2.04. The van der Waals surface area contributed by atoms with E-state index >= 15 is 0 Å². The zero-order valence-corrected chi connectivity index (χ0v) is 12.5. The van der Waals surface area contributed by atoms with Gasteiger partial charge in [0.05, 0.1) is 13.2 Å². The van der Waals surface area contributed by atoms with Crippen LogP contribution in [0, 0.1) is 6.92 Å². The number of aromatic nitrogens is 1. The van der Waals surface area contributed by atoms with Gasteiger partial charge in [0.25, 0.3) is 0 Å². The van der Waals surface area contributed by atoms with Crippen molar-refractivity contribution in [3.8, 4) is 11.5 Å². The van der Waals surface area contributed by atoms with E-state index in [0.717, 1.165) is 16.6 Å². The minimum absolute atomic E-state index is 0.120. The lowest BCUT2D eigenvalue weighted by Gasteiger charge is -2.12. The SMILES string of the molecule is CCOC(=O)COc1cc(C)nc2c(OCC)cccc12. The Labute approximate surface area is 123 Å². The number of rotatable bonds is 6. The van der Waals surface area contributed by atoms with E-state index in [2.05, 4.69) is 4.98 Å². The highest BCUT2D eigenvalue weighted by atomic mass is 16.6. The molecule has 1 heterocycles. The summed E-state index contributed by atoms with van der Waals surface area (Å²) in [5, 5.41) is 0.816. The zero-order valence-electron chi connectivity index (χ0n) is 12.5. The Bertz CT molecular complexity index is 639. The number of benzene rings is 1. The Morgan fingerprint density at radius 3 is 2.67 bits per heavy atom. The van der Waals surface area contributed by atoms with Gasteiger partial charge in [-0.3, -0.25) is 0 Å². The van der Waals surface area contributed by atoms with Crippen LogP contribution in [0.25, 0.3) is 10.9 Å². The smallest absolute Gasteiger partial charge is 0.344 e. The van der Waals surface area contributed by atoms with E-state index in [1.54, 1.807) is 13.0 Å². The molecule has 1 aromatic carbocycles. The summed E-state index contributed by atoms with van der Waals surface area (Å²) in [4.78, 5) is 15.9. The van der Waals surface area contributed by atoms with Crippen molar-refractivity contribution in [1.82, 2.24) is 4.98 Å². The van der Waals surface area contributed by atoms with E-state index in [1.165, 1.54) is 0 Å². The second-order valence-electron chi connectivity index (χ2n) is 4.44. The number of pyridine rings is 1. The molecule has 0 atom stereocenters. The first-order valence-electron chi connectivity index (χ1n) is 6.97. The second-order valence-corrected chi connectivity index (χ2v) is 4.44. The molecule has 0 spiro atoms. The van der Waals surface area contributed by atoms with Crippen LogP contribution in [0.2, 0.25) is 0 Å². The number of ether oxygens (including phenoxy) is 3. The molecule has 0 unspecified atom stereocenters. The average molecular weight is 289 g/mol. The summed E-state index contributed by atoms with van der Waals surface area (Å²) >= 11 is 0. The highest BCUT2D eigenvalue weighted by Gasteiger charge is 2.11. The summed E-state index contributed by atoms with van der Waals surface area (Å²) in [6, 6.07) is 7.44. The molecule has 5 heteroatoms. The van der Waals surface area contributed by atoms with E-state index in [0.29, 0.717) is 24.7 Å². The molecule has 21 heavy (non-hydrogen) atoms. The van der Waals surface area contributed by atoms with Crippen LogP contribution in [-0.2, 0) is 9.53 Å². The Kier molecular flexibility index (Phi) is 4.98. The van der Waals surface area contributed by atoms with Gasteiger partial charge in [-0.2, -0.15) is 0 Å². The standard InChI is InChI=1S/C16H19NO4/c1-4-19-13-8-6-7-12-14(9-11(3)17-16(12)13)21-10-15(18)20-5-2/h6-9H,4-5,10H2,1-3H3. The minimum atomic E-state index is -0.388. The van der Waals surface area contributed by atoms with Gasteiger partial charge in [0.15, 0.2) is 6.61 Å². The Morgan fingerprint density at radius 2 is 1.95 bits per heavy atom. The first-order valence-corrected chi connectivity index (χ1v) is 6.97. The van der Waals surface area contributed by atoms with Gasteiger partial charge < -0.3 is 14.2 Å². The van der Waals surface area contributed by atoms with Crippen molar-refractivity contribution >= 4 is 16.9 Å². The third-order valence-electron chi connectivity index (χ3n) is 2.84. The largest absolute Gasteiger partial charge is 0.492 e. The van der Waals surface area contributed by atoms with Crippen LogP contribution in [0.15, 0.2) is 24.3 Å². The Hall–Kier alpha value is -2.30. The molecule has 2 aromatic rings. The van der Waals surface area contributed by atoms with Gasteiger partial charge in [-0.15, -0.1) is 0 Å². The summed E-state index contributed by atoms with van der Waals surface area (Å²) in [6.45, 7) is 6.34. The average Bonchev–Trinajstić information content (AvgIpc) is 2.46. The number of aryl methyl sites for hydroxylation is 1. The summed E-state index contributed by atoms with van der Waals surface area (Å²) in [5.74, 6) is 0.924. The number of esters is 1. The van der Waals surface area contributed by atoms with E-state index in [-0.39, 0.29) is 12.6 Å². The number of para-hydroxylation sites is 1. The Morgan fingerprint density at radius 1 is 1.14 bits per heavy atom. The van der Waals surface area contributed by atoms with Gasteiger partial charge >= 0.3 is 5.97 Å². The van der Waals surface area contributed by atoms with Crippen LogP contribution in [0.3, 0.4) is 0 Å². The predicted octanol–water partition coefficient (Wildman–Crippen LogP) is 2.88. The Balaban J connectivity index is 2.35. The lowest BCUT2D eigenvalue weighted by Crippen LogP contribution is -2.14. The third kappa shape index (κ3) is 3.62. The number of carbonyl (C=O) groups excluding carboxylic acids is 1. The van der Waals surface area contributed by atoms with Gasteiger partial charge in [-0.05, 0) is 32.9 Å². The third-order valence-corrected chi connectivity index (χ3v) is 2.84. The molecule has 0 aliphatic heterocycles. The molecule has 112 valence electrons. The topological polar surface area (TPSA) is 57.7 Å². The van der Waals surface area contributed by atoms with Crippen molar-refractivity contribution in [2.45, 2.75) is 20.8 Å². The molecule has 0 fully saturated rings. The molecular formula is C16H19NO4. The second kappa shape index (κ2) is 6.92. The van der Waals surface area contributed by atoms with Gasteiger partial charge in [-0.25, -0.2) is 9.78 Å². The molecule has 0 aliphatic carbocycles. The normalized spacial score (nSPS) is 10.4. The van der Waals surface area contributed by atoms with Crippen LogP contribution in [-0.4, -0.2) is 30.8 Å². The number of fused-ring (bicyclic) bond motifs is 1. The van der Waals surface area contributed by atoms with Crippen LogP contribution >= 0.6 is 0 Å². The highest BCUT2D eigenvalue weighted by Crippen LogP contribution is 2.31. The molecule has 0 radical (unpaired) electrons. The molecule has 0 amide bonds. The maximum absolute atomic E-state index is 11.4. The van der Waals surface area contributed by atoms with Gasteiger partial charge in [-0.1, -0.05) is 6.07 Å². The number of hydrogen-bond acceptors (Lipinski definition) is 5. The van der Waals surface area contributed by atoms with Gasteiger partial charge in [0, 0.05) is 17.1 Å². The van der Waals surface area contributed by atoms with Crippen molar-refractivity contribution in [1.29, 1.82) is 0 Å². The number of nitrogens with zero attached hydrogens (tertiary/aromatic N) is 1. The monoisotopic (exact) mass is 289 g/mol.